The molecule has 1 N–H and O–H groups in total. The molecule has 0 radical (unpaired) electrons. The largest absolute Gasteiger partial charge is 0.508 e. The summed E-state index contributed by atoms with van der Waals surface area (Å²) in [4.78, 5) is 10.5. The Balaban J connectivity index is 2.06. The highest BCUT2D eigenvalue weighted by Crippen LogP contribution is 2.04. The van der Waals surface area contributed by atoms with Crippen molar-refractivity contribution in [3.8, 4) is 0 Å². The van der Waals surface area contributed by atoms with E-state index in [9.17, 15) is 4.79 Å². The molecular weight excluding hydrogens is 146 g/mol. The first kappa shape index (κ1) is 8.33. The summed E-state index contributed by atoms with van der Waals surface area (Å²) in [6, 6.07) is 0.328. The van der Waals surface area contributed by atoms with Crippen molar-refractivity contribution in [2.24, 2.45) is 0 Å². The van der Waals surface area contributed by atoms with Crippen molar-refractivity contribution in [1.82, 2.24) is 5.32 Å². The van der Waals surface area contributed by atoms with Crippen LogP contribution in [0.2, 0.25) is 0 Å². The Bertz CT molecular complexity index is 132. The molecule has 1 aliphatic heterocycles. The molecule has 0 spiro atoms. The van der Waals surface area contributed by atoms with Gasteiger partial charge in [-0.05, 0) is 19.4 Å². The Hall–Kier alpha value is -0.770. The van der Waals surface area contributed by atoms with Gasteiger partial charge < -0.3 is 14.8 Å². The van der Waals surface area contributed by atoms with E-state index in [1.807, 2.05) is 0 Å². The van der Waals surface area contributed by atoms with Gasteiger partial charge >= 0.3 is 6.16 Å². The summed E-state index contributed by atoms with van der Waals surface area (Å²) in [7, 11) is 1.31. The van der Waals surface area contributed by atoms with E-state index in [2.05, 4.69) is 10.1 Å². The molecule has 11 heavy (non-hydrogen) atoms. The number of nitrogens with one attached hydrogen (secondary N) is 1. The molecule has 4 nitrogen and oxygen atoms in total. The van der Waals surface area contributed by atoms with Crippen molar-refractivity contribution in [3.63, 3.8) is 0 Å². The smallest absolute Gasteiger partial charge is 0.438 e. The van der Waals surface area contributed by atoms with Gasteiger partial charge in [0.25, 0.3) is 0 Å². The standard InChI is InChI=1S/C7H13NO3/c1-10-7(9)11-5-6-3-2-4-8-6/h6,8H,2-5H2,1H3. The SMILES string of the molecule is COC(=O)OCC1CCCN1. The van der Waals surface area contributed by atoms with Gasteiger partial charge in [-0.15, -0.1) is 0 Å². The van der Waals surface area contributed by atoms with E-state index in [1.165, 1.54) is 7.11 Å². The second-order valence-electron chi connectivity index (χ2n) is 2.56. The molecule has 1 atom stereocenters. The second kappa shape index (κ2) is 4.18. The predicted octanol–water partition coefficient (Wildman–Crippen LogP) is 0.521. The van der Waals surface area contributed by atoms with Crippen LogP contribution < -0.4 is 5.32 Å². The average Bonchev–Trinajstić information content (AvgIpc) is 2.52. The van der Waals surface area contributed by atoms with E-state index < -0.39 is 6.16 Å². The number of ether oxygens (including phenoxy) is 2. The van der Waals surface area contributed by atoms with Crippen LogP contribution in [-0.2, 0) is 9.47 Å². The summed E-state index contributed by atoms with van der Waals surface area (Å²) in [5.74, 6) is 0. The van der Waals surface area contributed by atoms with Crippen molar-refractivity contribution in [2.75, 3.05) is 20.3 Å². The maximum atomic E-state index is 10.5. The molecule has 64 valence electrons. The zero-order chi connectivity index (χ0) is 8.10. The van der Waals surface area contributed by atoms with Crippen LogP contribution in [0.5, 0.6) is 0 Å². The van der Waals surface area contributed by atoms with Crippen LogP contribution in [0.1, 0.15) is 12.8 Å². The molecule has 1 rings (SSSR count). The van der Waals surface area contributed by atoms with Crippen LogP contribution in [0.25, 0.3) is 0 Å². The van der Waals surface area contributed by atoms with Gasteiger partial charge in [0.2, 0.25) is 0 Å². The summed E-state index contributed by atoms with van der Waals surface area (Å²) >= 11 is 0. The van der Waals surface area contributed by atoms with Gasteiger partial charge in [-0.25, -0.2) is 4.79 Å². The topological polar surface area (TPSA) is 47.6 Å². The Morgan fingerprint density at radius 2 is 2.55 bits per heavy atom. The average molecular weight is 159 g/mol. The quantitative estimate of drug-likeness (QED) is 0.597. The van der Waals surface area contributed by atoms with Crippen LogP contribution in [0.4, 0.5) is 4.79 Å². The molecular formula is C7H13NO3. The number of carbonyl (C=O) groups is 1. The predicted molar refractivity (Wildman–Crippen MR) is 39.4 cm³/mol. The van der Waals surface area contributed by atoms with E-state index in [0.717, 1.165) is 19.4 Å². The maximum absolute atomic E-state index is 10.5. The molecule has 0 aromatic carbocycles. The molecule has 1 saturated heterocycles. The normalized spacial score (nSPS) is 23.2. The fourth-order valence-corrected chi connectivity index (χ4v) is 1.13. The number of carbonyl (C=O) groups excluding carboxylic acids is 1. The van der Waals surface area contributed by atoms with Gasteiger partial charge in [0.15, 0.2) is 0 Å². The van der Waals surface area contributed by atoms with Gasteiger partial charge in [0.1, 0.15) is 6.61 Å². The highest BCUT2D eigenvalue weighted by atomic mass is 16.7. The van der Waals surface area contributed by atoms with E-state index in [0.29, 0.717) is 12.6 Å². The molecule has 4 heteroatoms. The van der Waals surface area contributed by atoms with Crippen LogP contribution in [0.3, 0.4) is 0 Å². The number of hydrogen-bond acceptors (Lipinski definition) is 4. The molecule has 0 aromatic heterocycles. The van der Waals surface area contributed by atoms with Gasteiger partial charge in [-0.1, -0.05) is 0 Å². The highest BCUT2D eigenvalue weighted by Gasteiger charge is 2.15. The van der Waals surface area contributed by atoms with Crippen molar-refractivity contribution < 1.29 is 14.3 Å². The zero-order valence-corrected chi connectivity index (χ0v) is 6.63. The van der Waals surface area contributed by atoms with Crippen molar-refractivity contribution in [3.05, 3.63) is 0 Å². The van der Waals surface area contributed by atoms with Crippen molar-refractivity contribution in [1.29, 1.82) is 0 Å². The molecule has 1 fully saturated rings. The van der Waals surface area contributed by atoms with E-state index in [4.69, 9.17) is 4.74 Å². The van der Waals surface area contributed by atoms with Crippen LogP contribution >= 0.6 is 0 Å². The molecule has 0 amide bonds. The van der Waals surface area contributed by atoms with Gasteiger partial charge in [-0.2, -0.15) is 0 Å². The fraction of sp³-hybridized carbons (Fsp3) is 0.857. The Labute approximate surface area is 65.9 Å². The third kappa shape index (κ3) is 2.76. The summed E-state index contributed by atoms with van der Waals surface area (Å²) in [5, 5.41) is 3.20. The maximum Gasteiger partial charge on any atom is 0.508 e. The van der Waals surface area contributed by atoms with E-state index in [-0.39, 0.29) is 0 Å². The van der Waals surface area contributed by atoms with Crippen LogP contribution in [0.15, 0.2) is 0 Å². The molecule has 0 saturated carbocycles. The number of hydrogen-bond donors (Lipinski definition) is 1. The summed E-state index contributed by atoms with van der Waals surface area (Å²) in [5.41, 5.74) is 0. The summed E-state index contributed by atoms with van der Waals surface area (Å²) < 4.78 is 9.07. The minimum Gasteiger partial charge on any atom is -0.438 e. The second-order valence-corrected chi connectivity index (χ2v) is 2.56. The third-order valence-corrected chi connectivity index (χ3v) is 1.73. The molecule has 0 aliphatic carbocycles. The Morgan fingerprint density at radius 1 is 1.73 bits per heavy atom. The van der Waals surface area contributed by atoms with E-state index in [1.54, 1.807) is 0 Å². The molecule has 1 aliphatic rings. The summed E-state index contributed by atoms with van der Waals surface area (Å²) in [6.45, 7) is 1.45. The fourth-order valence-electron chi connectivity index (χ4n) is 1.13. The van der Waals surface area contributed by atoms with Crippen molar-refractivity contribution >= 4 is 6.16 Å². The van der Waals surface area contributed by atoms with Gasteiger partial charge in [0, 0.05) is 6.04 Å². The first-order valence-electron chi connectivity index (χ1n) is 3.77. The highest BCUT2D eigenvalue weighted by molar-refractivity contribution is 5.59. The zero-order valence-electron chi connectivity index (χ0n) is 6.63. The Morgan fingerprint density at radius 3 is 3.09 bits per heavy atom. The number of methoxy groups -OCH3 is 1. The lowest BCUT2D eigenvalue weighted by atomic mass is 10.2. The van der Waals surface area contributed by atoms with Crippen molar-refractivity contribution in [2.45, 2.75) is 18.9 Å². The summed E-state index contributed by atoms with van der Waals surface area (Å²) in [6.07, 6.45) is 1.64. The van der Waals surface area contributed by atoms with Crippen LogP contribution in [-0.4, -0.2) is 32.5 Å². The van der Waals surface area contributed by atoms with Gasteiger partial charge in [-0.3, -0.25) is 0 Å². The lowest BCUT2D eigenvalue weighted by Gasteiger charge is -2.08. The first-order chi connectivity index (χ1) is 5.33. The first-order valence-corrected chi connectivity index (χ1v) is 3.77. The Kier molecular flexibility index (Phi) is 3.16. The van der Waals surface area contributed by atoms with E-state index >= 15 is 0 Å². The molecule has 0 aromatic rings. The minimum absolute atomic E-state index is 0.328. The minimum atomic E-state index is -0.598. The number of rotatable bonds is 2. The van der Waals surface area contributed by atoms with Crippen LogP contribution in [0, 0.1) is 0 Å². The molecule has 0 bridgehead atoms. The van der Waals surface area contributed by atoms with Gasteiger partial charge in [0.05, 0.1) is 7.11 Å². The lowest BCUT2D eigenvalue weighted by Crippen LogP contribution is -2.28. The lowest BCUT2D eigenvalue weighted by molar-refractivity contribution is 0.0665. The molecule has 1 unspecified atom stereocenters. The molecule has 1 heterocycles. The third-order valence-electron chi connectivity index (χ3n) is 1.73. The monoisotopic (exact) mass is 159 g/mol.